The molecule has 2 bridgehead atoms. The number of hydrogen-bond donors (Lipinski definition) is 0. The van der Waals surface area contributed by atoms with E-state index in [-0.39, 0.29) is 24.2 Å². The van der Waals surface area contributed by atoms with Crippen LogP contribution in [0.1, 0.15) is 115 Å². The van der Waals surface area contributed by atoms with Gasteiger partial charge in [-0.3, -0.25) is 14.5 Å². The van der Waals surface area contributed by atoms with Crippen molar-refractivity contribution in [1.29, 1.82) is 0 Å². The molecule has 0 aromatic carbocycles. The summed E-state index contributed by atoms with van der Waals surface area (Å²) in [4.78, 5) is 28.9. The summed E-state index contributed by atoms with van der Waals surface area (Å²) in [5.74, 6) is -2.65. The average Bonchev–Trinajstić information content (AvgIpc) is 3.37. The van der Waals surface area contributed by atoms with Gasteiger partial charge >= 0.3 is 11.9 Å². The van der Waals surface area contributed by atoms with Gasteiger partial charge in [0.05, 0.1) is 41.8 Å². The molecule has 3 saturated heterocycles. The summed E-state index contributed by atoms with van der Waals surface area (Å²) < 4.78 is 67.8. The highest BCUT2D eigenvalue weighted by atomic mass is 19.1. The minimum atomic E-state index is -1.27. The SMILES string of the molecule is CC[C@H]1OC(=O)[C@H](C)[C@@H](O[C@H]2C[C@@](C)(OC)C[C@H](C)O2)[C@H](C)[C@@H](O[C@@H]2O[C@H](C)C[C@H](N(C)CC)[C@H]2OC(C)=O)[C@]2(C)CC(C)=C(O2)[C@@H]([C@H](C)F)[C@H]1C. The maximum Gasteiger partial charge on any atom is 0.311 e. The highest BCUT2D eigenvalue weighted by Gasteiger charge is 2.55. The average molecular weight is 742 g/mol. The molecule has 0 aromatic heterocycles. The van der Waals surface area contributed by atoms with Crippen LogP contribution < -0.4 is 0 Å². The van der Waals surface area contributed by atoms with E-state index in [1.54, 1.807) is 14.0 Å². The molecule has 0 spiro atoms. The summed E-state index contributed by atoms with van der Waals surface area (Å²) in [7, 11) is 3.68. The number of alkyl halides is 1. The molecule has 0 saturated carbocycles. The Labute approximate surface area is 311 Å². The van der Waals surface area contributed by atoms with E-state index in [0.717, 1.165) is 12.1 Å². The minimum Gasteiger partial charge on any atom is -0.488 e. The van der Waals surface area contributed by atoms with Crippen molar-refractivity contribution in [3.8, 4) is 0 Å². The van der Waals surface area contributed by atoms with Crippen molar-refractivity contribution in [2.75, 3.05) is 20.7 Å². The number of esters is 2. The predicted octanol–water partition coefficient (Wildman–Crippen LogP) is 6.74. The number of ether oxygens (including phenoxy) is 8. The summed E-state index contributed by atoms with van der Waals surface area (Å²) >= 11 is 0. The van der Waals surface area contributed by atoms with E-state index in [1.807, 2.05) is 62.4 Å². The van der Waals surface area contributed by atoms with E-state index >= 15 is 4.39 Å². The smallest absolute Gasteiger partial charge is 0.311 e. The molecule has 3 fully saturated rings. The molecule has 16 atom stereocenters. The fraction of sp³-hybridized carbons (Fsp3) is 0.900. The van der Waals surface area contributed by atoms with Gasteiger partial charge in [-0.1, -0.05) is 27.7 Å². The molecule has 0 unspecified atom stereocenters. The van der Waals surface area contributed by atoms with Crippen LogP contribution in [-0.2, 0) is 47.5 Å². The fourth-order valence-electron chi connectivity index (χ4n) is 9.33. The van der Waals surface area contributed by atoms with Crippen LogP contribution in [0.4, 0.5) is 4.39 Å². The summed E-state index contributed by atoms with van der Waals surface area (Å²) in [6, 6.07) is -0.176. The molecule has 0 aromatic rings. The van der Waals surface area contributed by atoms with Crippen LogP contribution in [0, 0.1) is 23.7 Å². The molecule has 0 radical (unpaired) electrons. The maximum absolute atomic E-state index is 15.8. The number of hydrogen-bond acceptors (Lipinski definition) is 11. The molecule has 11 nitrogen and oxygen atoms in total. The van der Waals surface area contributed by atoms with Crippen molar-refractivity contribution in [2.24, 2.45) is 23.7 Å². The van der Waals surface area contributed by atoms with Gasteiger partial charge in [0, 0.05) is 45.1 Å². The van der Waals surface area contributed by atoms with Crippen LogP contribution in [0.3, 0.4) is 0 Å². The van der Waals surface area contributed by atoms with Gasteiger partial charge in [-0.15, -0.1) is 0 Å². The second kappa shape index (κ2) is 17.3. The number of nitrogens with zero attached hydrogens (tertiary/aromatic N) is 1. The van der Waals surface area contributed by atoms with E-state index in [0.29, 0.717) is 37.9 Å². The normalized spacial score (nSPS) is 44.0. The van der Waals surface area contributed by atoms with Crippen molar-refractivity contribution in [3.05, 3.63) is 11.3 Å². The first kappa shape index (κ1) is 42.9. The van der Waals surface area contributed by atoms with Gasteiger partial charge in [0.15, 0.2) is 18.7 Å². The van der Waals surface area contributed by atoms with E-state index in [1.165, 1.54) is 13.8 Å². The van der Waals surface area contributed by atoms with Crippen molar-refractivity contribution >= 4 is 11.9 Å². The van der Waals surface area contributed by atoms with Crippen LogP contribution in [-0.4, -0.2) is 110 Å². The van der Waals surface area contributed by atoms with Crippen LogP contribution in [0.25, 0.3) is 0 Å². The Morgan fingerprint density at radius 3 is 2.27 bits per heavy atom. The molecule has 0 aliphatic carbocycles. The third-order valence-corrected chi connectivity index (χ3v) is 12.2. The molecule has 12 heteroatoms. The zero-order chi connectivity index (χ0) is 38.9. The summed E-state index contributed by atoms with van der Waals surface area (Å²) in [6.45, 7) is 23.3. The van der Waals surface area contributed by atoms with Crippen LogP contribution in [0.2, 0.25) is 0 Å². The lowest BCUT2D eigenvalue weighted by Gasteiger charge is -2.49. The van der Waals surface area contributed by atoms with Gasteiger partial charge in [-0.05, 0) is 80.5 Å². The molecule has 52 heavy (non-hydrogen) atoms. The Kier molecular flexibility index (Phi) is 14.3. The lowest BCUT2D eigenvalue weighted by Crippen LogP contribution is -2.60. The second-order valence-corrected chi connectivity index (χ2v) is 16.7. The Balaban J connectivity index is 1.86. The molecule has 4 aliphatic heterocycles. The minimum absolute atomic E-state index is 0.149. The summed E-state index contributed by atoms with van der Waals surface area (Å²) in [5, 5.41) is 0. The van der Waals surface area contributed by atoms with E-state index in [9.17, 15) is 9.59 Å². The quantitative estimate of drug-likeness (QED) is 0.222. The van der Waals surface area contributed by atoms with Crippen molar-refractivity contribution in [2.45, 2.75) is 188 Å². The number of methoxy groups -OCH3 is 1. The van der Waals surface area contributed by atoms with Crippen LogP contribution in [0.5, 0.6) is 0 Å². The zero-order valence-electron chi connectivity index (χ0n) is 34.2. The number of rotatable bonds is 10. The van der Waals surface area contributed by atoms with Gasteiger partial charge in [-0.2, -0.15) is 0 Å². The Hall–Kier alpha value is -1.83. The fourth-order valence-corrected chi connectivity index (χ4v) is 9.33. The van der Waals surface area contributed by atoms with E-state index in [4.69, 9.17) is 37.9 Å². The summed E-state index contributed by atoms with van der Waals surface area (Å²) in [5.41, 5.74) is -0.609. The Morgan fingerprint density at radius 2 is 1.69 bits per heavy atom. The lowest BCUT2D eigenvalue weighted by molar-refractivity contribution is -0.311. The first-order valence-electron chi connectivity index (χ1n) is 19.6. The monoisotopic (exact) mass is 741 g/mol. The first-order chi connectivity index (χ1) is 24.3. The third kappa shape index (κ3) is 9.33. The second-order valence-electron chi connectivity index (χ2n) is 16.7. The Bertz CT molecular complexity index is 1260. The molecular formula is C40H68FNO10. The van der Waals surface area contributed by atoms with Gasteiger partial charge in [0.1, 0.15) is 29.7 Å². The molecule has 4 heterocycles. The zero-order valence-corrected chi connectivity index (χ0v) is 34.2. The molecule has 0 N–H and O–H groups in total. The molecular weight excluding hydrogens is 673 g/mol. The number of carbonyl (C=O) groups is 2. The largest absolute Gasteiger partial charge is 0.488 e. The van der Waals surface area contributed by atoms with Gasteiger partial charge in [-0.25, -0.2) is 4.39 Å². The molecule has 0 amide bonds. The van der Waals surface area contributed by atoms with Gasteiger partial charge in [0.25, 0.3) is 0 Å². The van der Waals surface area contributed by atoms with E-state index in [2.05, 4.69) is 11.8 Å². The first-order valence-corrected chi connectivity index (χ1v) is 19.6. The maximum atomic E-state index is 15.8. The number of carbonyl (C=O) groups excluding carboxylic acids is 2. The molecule has 4 rings (SSSR count). The molecule has 300 valence electrons. The number of allylic oxidation sites excluding steroid dienone is 1. The highest BCUT2D eigenvalue weighted by Crippen LogP contribution is 2.49. The standard InChI is InChI=1S/C40H68FNO10/c1-15-30-24(6)32(27(9)41)33-21(3)18-40(12,52-33)36(51-38-35(48-28(10)43)29(42(13)16-2)17-22(4)47-38)25(7)34(26(8)37(44)49-30)50-31-20-39(11,45-14)19-23(5)46-31/h22-27,29-32,34-36,38H,15-20H2,1-14H3/t22-,23+,24+,25+,26-,27+,29+,30-,31+,32-,34+,35-,36-,38+,39+,40+/m1/s1. The van der Waals surface area contributed by atoms with Gasteiger partial charge < -0.3 is 37.9 Å². The van der Waals surface area contributed by atoms with E-state index < -0.39 is 84.1 Å². The highest BCUT2D eigenvalue weighted by molar-refractivity contribution is 5.73. The predicted molar refractivity (Wildman–Crippen MR) is 194 cm³/mol. The Morgan fingerprint density at radius 1 is 1.02 bits per heavy atom. The van der Waals surface area contributed by atoms with Crippen LogP contribution >= 0.6 is 0 Å². The summed E-state index contributed by atoms with van der Waals surface area (Å²) in [6.07, 6.45) is -3.41. The van der Waals surface area contributed by atoms with Crippen molar-refractivity contribution in [1.82, 2.24) is 4.90 Å². The molecule has 4 aliphatic rings. The number of halogens is 1. The topological polar surface area (TPSA) is 111 Å². The van der Waals surface area contributed by atoms with Crippen LogP contribution in [0.15, 0.2) is 11.3 Å². The lowest BCUT2D eigenvalue weighted by atomic mass is 9.79. The van der Waals surface area contributed by atoms with Crippen molar-refractivity contribution in [3.63, 3.8) is 0 Å². The number of cyclic esters (lactones) is 1. The van der Waals surface area contributed by atoms with Gasteiger partial charge in [0.2, 0.25) is 0 Å². The number of fused-ring (bicyclic) bond motifs is 2. The third-order valence-electron chi connectivity index (χ3n) is 12.2. The number of likely N-dealkylation sites (N-methyl/N-ethyl adjacent to an activating group) is 1. The van der Waals surface area contributed by atoms with Crippen molar-refractivity contribution < 1.29 is 51.9 Å².